The number of carbonyl (C=O) groups is 1. The molecule has 0 amide bonds. The van der Waals surface area contributed by atoms with E-state index < -0.39 is 4.92 Å². The second-order valence-corrected chi connectivity index (χ2v) is 6.37. The third-order valence-corrected chi connectivity index (χ3v) is 4.53. The van der Waals surface area contributed by atoms with Crippen LogP contribution in [0.25, 0.3) is 11.3 Å². The van der Waals surface area contributed by atoms with Gasteiger partial charge in [0.1, 0.15) is 11.5 Å². The van der Waals surface area contributed by atoms with Gasteiger partial charge in [0.05, 0.1) is 29.6 Å². The lowest BCUT2D eigenvalue weighted by molar-refractivity contribution is -0.384. The SMILES string of the molecule is CCOC(=O)[C@H]1CCCN(Cc2ccc(-c3ccccc3[N+](=O)[O-])o2)C1. The molecule has 2 heterocycles. The lowest BCUT2D eigenvalue weighted by Crippen LogP contribution is -2.38. The van der Waals surface area contributed by atoms with E-state index in [1.165, 1.54) is 6.07 Å². The molecule has 1 aromatic carbocycles. The Kier molecular flexibility index (Phi) is 5.68. The Morgan fingerprint density at radius 1 is 1.35 bits per heavy atom. The number of nitro benzene ring substituents is 1. The number of esters is 1. The summed E-state index contributed by atoms with van der Waals surface area (Å²) >= 11 is 0. The minimum atomic E-state index is -0.411. The molecule has 1 aromatic heterocycles. The number of nitro groups is 1. The molecule has 0 bridgehead atoms. The number of likely N-dealkylation sites (tertiary alicyclic amines) is 1. The van der Waals surface area contributed by atoms with Crippen molar-refractivity contribution in [3.63, 3.8) is 0 Å². The largest absolute Gasteiger partial charge is 0.466 e. The quantitative estimate of drug-likeness (QED) is 0.445. The van der Waals surface area contributed by atoms with Gasteiger partial charge in [0, 0.05) is 12.6 Å². The molecule has 2 aromatic rings. The molecule has 0 radical (unpaired) electrons. The molecule has 7 heteroatoms. The maximum absolute atomic E-state index is 12.0. The lowest BCUT2D eigenvalue weighted by Gasteiger charge is -2.30. The first-order valence-electron chi connectivity index (χ1n) is 8.80. The fourth-order valence-corrected chi connectivity index (χ4v) is 3.32. The van der Waals surface area contributed by atoms with Crippen molar-refractivity contribution in [2.75, 3.05) is 19.7 Å². The van der Waals surface area contributed by atoms with Gasteiger partial charge in [0.25, 0.3) is 5.69 Å². The van der Waals surface area contributed by atoms with Crippen molar-refractivity contribution in [1.82, 2.24) is 4.90 Å². The molecule has 7 nitrogen and oxygen atoms in total. The topological polar surface area (TPSA) is 85.8 Å². The molecule has 0 aliphatic carbocycles. The smallest absolute Gasteiger partial charge is 0.310 e. The molecule has 1 atom stereocenters. The van der Waals surface area contributed by atoms with Gasteiger partial charge in [0.15, 0.2) is 0 Å². The number of piperidine rings is 1. The van der Waals surface area contributed by atoms with E-state index in [1.807, 2.05) is 13.0 Å². The van der Waals surface area contributed by atoms with Gasteiger partial charge in [0.2, 0.25) is 0 Å². The van der Waals surface area contributed by atoms with E-state index in [2.05, 4.69) is 4.90 Å². The van der Waals surface area contributed by atoms with Crippen LogP contribution in [0.3, 0.4) is 0 Å². The van der Waals surface area contributed by atoms with Crippen LogP contribution in [0.5, 0.6) is 0 Å². The predicted octanol–water partition coefficient (Wildman–Crippen LogP) is 3.63. The number of carbonyl (C=O) groups excluding carboxylic acids is 1. The van der Waals surface area contributed by atoms with Crippen LogP contribution >= 0.6 is 0 Å². The first-order chi connectivity index (χ1) is 12.6. The number of nitrogens with zero attached hydrogens (tertiary/aromatic N) is 2. The summed E-state index contributed by atoms with van der Waals surface area (Å²) in [4.78, 5) is 24.9. The van der Waals surface area contributed by atoms with E-state index in [9.17, 15) is 14.9 Å². The normalized spacial score (nSPS) is 17.8. The number of benzene rings is 1. The van der Waals surface area contributed by atoms with Crippen molar-refractivity contribution >= 4 is 11.7 Å². The van der Waals surface area contributed by atoms with Crippen LogP contribution in [0, 0.1) is 16.0 Å². The summed E-state index contributed by atoms with van der Waals surface area (Å²) < 4.78 is 11.0. The minimum Gasteiger partial charge on any atom is -0.466 e. The van der Waals surface area contributed by atoms with E-state index in [-0.39, 0.29) is 17.6 Å². The predicted molar refractivity (Wildman–Crippen MR) is 95.4 cm³/mol. The Labute approximate surface area is 151 Å². The van der Waals surface area contributed by atoms with Crippen molar-refractivity contribution in [1.29, 1.82) is 0 Å². The molecule has 138 valence electrons. The van der Waals surface area contributed by atoms with Gasteiger partial charge in [-0.3, -0.25) is 19.8 Å². The maximum Gasteiger partial charge on any atom is 0.310 e. The van der Waals surface area contributed by atoms with E-state index >= 15 is 0 Å². The van der Waals surface area contributed by atoms with Gasteiger partial charge in [-0.25, -0.2) is 0 Å². The van der Waals surface area contributed by atoms with Crippen molar-refractivity contribution in [3.05, 3.63) is 52.3 Å². The van der Waals surface area contributed by atoms with Gasteiger partial charge in [-0.2, -0.15) is 0 Å². The number of furan rings is 1. The third kappa shape index (κ3) is 4.11. The summed E-state index contributed by atoms with van der Waals surface area (Å²) in [5, 5.41) is 11.2. The number of hydrogen-bond donors (Lipinski definition) is 0. The number of rotatable bonds is 6. The zero-order valence-electron chi connectivity index (χ0n) is 14.7. The van der Waals surface area contributed by atoms with E-state index in [1.54, 1.807) is 24.3 Å². The highest BCUT2D eigenvalue weighted by atomic mass is 16.6. The molecule has 0 N–H and O–H groups in total. The number of para-hydroxylation sites is 1. The van der Waals surface area contributed by atoms with Gasteiger partial charge in [-0.15, -0.1) is 0 Å². The van der Waals surface area contributed by atoms with Gasteiger partial charge >= 0.3 is 5.97 Å². The molecule has 26 heavy (non-hydrogen) atoms. The van der Waals surface area contributed by atoms with Crippen LogP contribution in [0.1, 0.15) is 25.5 Å². The molecule has 3 rings (SSSR count). The van der Waals surface area contributed by atoms with E-state index in [0.717, 1.165) is 25.1 Å². The summed E-state index contributed by atoms with van der Waals surface area (Å²) in [5.74, 6) is 0.958. The fraction of sp³-hybridized carbons (Fsp3) is 0.421. The van der Waals surface area contributed by atoms with Crippen LogP contribution in [0.4, 0.5) is 5.69 Å². The van der Waals surface area contributed by atoms with Crippen LogP contribution in [-0.2, 0) is 16.1 Å². The molecular weight excluding hydrogens is 336 g/mol. The van der Waals surface area contributed by atoms with Crippen LogP contribution in [0.2, 0.25) is 0 Å². The summed E-state index contributed by atoms with van der Waals surface area (Å²) in [6.07, 6.45) is 1.77. The first kappa shape index (κ1) is 18.1. The Morgan fingerprint density at radius 3 is 2.92 bits per heavy atom. The molecule has 0 spiro atoms. The zero-order valence-corrected chi connectivity index (χ0v) is 14.7. The molecular formula is C19H22N2O5. The number of hydrogen-bond acceptors (Lipinski definition) is 6. The van der Waals surface area contributed by atoms with Crippen LogP contribution < -0.4 is 0 Å². The van der Waals surface area contributed by atoms with E-state index in [4.69, 9.17) is 9.15 Å². The standard InChI is InChI=1S/C19H22N2O5/c1-2-25-19(22)14-6-5-11-20(12-14)13-15-9-10-18(26-15)16-7-3-4-8-17(16)21(23)24/h3-4,7-10,14H,2,5-6,11-13H2,1H3/t14-/m0/s1. The first-order valence-corrected chi connectivity index (χ1v) is 8.80. The molecule has 0 saturated carbocycles. The average molecular weight is 358 g/mol. The van der Waals surface area contributed by atoms with Crippen LogP contribution in [-0.4, -0.2) is 35.5 Å². The molecule has 1 saturated heterocycles. The Balaban J connectivity index is 1.69. The van der Waals surface area contributed by atoms with Gasteiger partial charge in [-0.1, -0.05) is 12.1 Å². The lowest BCUT2D eigenvalue weighted by atomic mass is 9.98. The second kappa shape index (κ2) is 8.14. The summed E-state index contributed by atoms with van der Waals surface area (Å²) in [7, 11) is 0. The highest BCUT2D eigenvalue weighted by molar-refractivity contribution is 5.72. The summed E-state index contributed by atoms with van der Waals surface area (Å²) in [6.45, 7) is 4.30. The Morgan fingerprint density at radius 2 is 2.15 bits per heavy atom. The van der Waals surface area contributed by atoms with Crippen LogP contribution in [0.15, 0.2) is 40.8 Å². The average Bonchev–Trinajstić information content (AvgIpc) is 3.10. The molecule has 1 fully saturated rings. The highest BCUT2D eigenvalue weighted by Crippen LogP contribution is 2.31. The zero-order chi connectivity index (χ0) is 18.5. The Hall–Kier alpha value is -2.67. The van der Waals surface area contributed by atoms with Crippen molar-refractivity contribution < 1.29 is 18.9 Å². The van der Waals surface area contributed by atoms with E-state index in [0.29, 0.717) is 31.0 Å². The molecule has 1 aliphatic heterocycles. The van der Waals surface area contributed by atoms with Crippen molar-refractivity contribution in [3.8, 4) is 11.3 Å². The maximum atomic E-state index is 12.0. The summed E-state index contributed by atoms with van der Waals surface area (Å²) in [6, 6.07) is 10.1. The monoisotopic (exact) mass is 358 g/mol. The second-order valence-electron chi connectivity index (χ2n) is 6.37. The minimum absolute atomic E-state index is 0.0220. The highest BCUT2D eigenvalue weighted by Gasteiger charge is 2.27. The van der Waals surface area contributed by atoms with Crippen molar-refractivity contribution in [2.24, 2.45) is 5.92 Å². The van der Waals surface area contributed by atoms with Gasteiger partial charge in [-0.05, 0) is 44.5 Å². The third-order valence-electron chi connectivity index (χ3n) is 4.53. The number of ether oxygens (including phenoxy) is 1. The summed E-state index contributed by atoms with van der Waals surface area (Å²) in [5.41, 5.74) is 0.487. The van der Waals surface area contributed by atoms with Crippen molar-refractivity contribution in [2.45, 2.75) is 26.3 Å². The molecule has 1 aliphatic rings. The van der Waals surface area contributed by atoms with Gasteiger partial charge < -0.3 is 9.15 Å². The Bertz CT molecular complexity index is 786. The fourth-order valence-electron chi connectivity index (χ4n) is 3.32. The molecule has 0 unspecified atom stereocenters.